The van der Waals surface area contributed by atoms with Crippen molar-refractivity contribution in [1.29, 1.82) is 0 Å². The van der Waals surface area contributed by atoms with Crippen LogP contribution in [-0.2, 0) is 23.0 Å². The third-order valence-corrected chi connectivity index (χ3v) is 5.49. The van der Waals surface area contributed by atoms with E-state index in [9.17, 15) is 8.42 Å². The Morgan fingerprint density at radius 2 is 2.05 bits per heavy atom. The van der Waals surface area contributed by atoms with Gasteiger partial charge in [-0.15, -0.1) is 0 Å². The zero-order valence-corrected chi connectivity index (χ0v) is 13.3. The SMILES string of the molecule is CCc1ccc(CNC)cc1S(=O)(=O)NC(C)C1CC1. The molecule has 0 heterocycles. The van der Waals surface area contributed by atoms with E-state index in [4.69, 9.17) is 0 Å². The third-order valence-electron chi connectivity index (χ3n) is 3.85. The molecule has 1 unspecified atom stereocenters. The molecule has 1 atom stereocenters. The van der Waals surface area contributed by atoms with Crippen molar-refractivity contribution in [3.63, 3.8) is 0 Å². The average molecular weight is 296 g/mol. The minimum Gasteiger partial charge on any atom is -0.316 e. The molecule has 5 heteroatoms. The molecule has 0 saturated heterocycles. The van der Waals surface area contributed by atoms with Crippen molar-refractivity contribution in [3.05, 3.63) is 29.3 Å². The van der Waals surface area contributed by atoms with Crippen LogP contribution in [0.3, 0.4) is 0 Å². The molecular weight excluding hydrogens is 272 g/mol. The van der Waals surface area contributed by atoms with E-state index in [1.807, 2.05) is 33.0 Å². The van der Waals surface area contributed by atoms with Crippen LogP contribution in [0.4, 0.5) is 0 Å². The molecule has 0 amide bonds. The first kappa shape index (κ1) is 15.5. The van der Waals surface area contributed by atoms with Gasteiger partial charge in [-0.25, -0.2) is 13.1 Å². The van der Waals surface area contributed by atoms with Crippen LogP contribution in [0.15, 0.2) is 23.1 Å². The fraction of sp³-hybridized carbons (Fsp3) is 0.600. The van der Waals surface area contributed by atoms with Gasteiger partial charge in [0.05, 0.1) is 4.90 Å². The summed E-state index contributed by atoms with van der Waals surface area (Å²) in [6.45, 7) is 4.61. The third kappa shape index (κ3) is 3.59. The van der Waals surface area contributed by atoms with Crippen molar-refractivity contribution in [3.8, 4) is 0 Å². The Morgan fingerprint density at radius 3 is 2.60 bits per heavy atom. The van der Waals surface area contributed by atoms with Crippen molar-refractivity contribution in [2.24, 2.45) is 5.92 Å². The minimum absolute atomic E-state index is 0.0256. The summed E-state index contributed by atoms with van der Waals surface area (Å²) in [6, 6.07) is 5.72. The highest BCUT2D eigenvalue weighted by molar-refractivity contribution is 7.89. The van der Waals surface area contributed by atoms with Gasteiger partial charge in [0.25, 0.3) is 0 Å². The Hall–Kier alpha value is -0.910. The largest absolute Gasteiger partial charge is 0.316 e. The number of nitrogens with one attached hydrogen (secondary N) is 2. The van der Waals surface area contributed by atoms with Crippen molar-refractivity contribution in [2.45, 2.75) is 50.6 Å². The van der Waals surface area contributed by atoms with E-state index in [0.717, 1.165) is 24.0 Å². The Balaban J connectivity index is 2.29. The van der Waals surface area contributed by atoms with E-state index in [-0.39, 0.29) is 6.04 Å². The molecule has 4 nitrogen and oxygen atoms in total. The Morgan fingerprint density at radius 1 is 1.35 bits per heavy atom. The summed E-state index contributed by atoms with van der Waals surface area (Å²) in [5.74, 6) is 0.510. The molecule has 0 spiro atoms. The van der Waals surface area contributed by atoms with E-state index in [2.05, 4.69) is 10.0 Å². The Kier molecular flexibility index (Phi) is 4.83. The van der Waals surface area contributed by atoms with E-state index in [0.29, 0.717) is 23.8 Å². The molecule has 112 valence electrons. The highest BCUT2D eigenvalue weighted by Crippen LogP contribution is 2.33. The fourth-order valence-electron chi connectivity index (χ4n) is 2.46. The van der Waals surface area contributed by atoms with Crippen molar-refractivity contribution < 1.29 is 8.42 Å². The van der Waals surface area contributed by atoms with Crippen LogP contribution >= 0.6 is 0 Å². The van der Waals surface area contributed by atoms with Crippen LogP contribution in [0.1, 0.15) is 37.8 Å². The average Bonchev–Trinajstić information content (AvgIpc) is 3.23. The molecule has 2 rings (SSSR count). The number of aryl methyl sites for hydroxylation is 1. The van der Waals surface area contributed by atoms with Crippen LogP contribution in [-0.4, -0.2) is 21.5 Å². The predicted octanol–water partition coefficient (Wildman–Crippen LogP) is 2.05. The zero-order chi connectivity index (χ0) is 14.8. The molecule has 1 aromatic carbocycles. The molecule has 1 saturated carbocycles. The first-order valence-electron chi connectivity index (χ1n) is 7.26. The van der Waals surface area contributed by atoms with E-state index < -0.39 is 10.0 Å². The van der Waals surface area contributed by atoms with E-state index >= 15 is 0 Å². The van der Waals surface area contributed by atoms with Crippen molar-refractivity contribution in [1.82, 2.24) is 10.0 Å². The first-order valence-corrected chi connectivity index (χ1v) is 8.75. The van der Waals surface area contributed by atoms with Gasteiger partial charge in [-0.05, 0) is 56.3 Å². The summed E-state index contributed by atoms with van der Waals surface area (Å²) < 4.78 is 28.0. The number of hydrogen-bond donors (Lipinski definition) is 2. The second-order valence-electron chi connectivity index (χ2n) is 5.57. The molecule has 1 fully saturated rings. The highest BCUT2D eigenvalue weighted by atomic mass is 32.2. The van der Waals surface area contributed by atoms with Crippen LogP contribution in [0.5, 0.6) is 0 Å². The lowest BCUT2D eigenvalue weighted by Crippen LogP contribution is -2.34. The van der Waals surface area contributed by atoms with E-state index in [1.54, 1.807) is 6.07 Å². The molecule has 2 N–H and O–H groups in total. The van der Waals surface area contributed by atoms with Crippen LogP contribution in [0.25, 0.3) is 0 Å². The van der Waals surface area contributed by atoms with Crippen LogP contribution < -0.4 is 10.0 Å². The highest BCUT2D eigenvalue weighted by Gasteiger charge is 2.31. The predicted molar refractivity (Wildman–Crippen MR) is 81.1 cm³/mol. The standard InChI is InChI=1S/C15H24N2O2S/c1-4-13-6-5-12(10-16-3)9-15(13)20(18,19)17-11(2)14-7-8-14/h5-6,9,11,14,16-17H,4,7-8,10H2,1-3H3. The topological polar surface area (TPSA) is 58.2 Å². The summed E-state index contributed by atoms with van der Waals surface area (Å²) in [5, 5.41) is 3.05. The summed E-state index contributed by atoms with van der Waals surface area (Å²) in [4.78, 5) is 0.431. The fourth-order valence-corrected chi connectivity index (χ4v) is 4.13. The second-order valence-corrected chi connectivity index (χ2v) is 7.26. The summed E-state index contributed by atoms with van der Waals surface area (Å²) >= 11 is 0. The van der Waals surface area contributed by atoms with Gasteiger partial charge in [-0.3, -0.25) is 0 Å². The lowest BCUT2D eigenvalue weighted by atomic mass is 10.1. The van der Waals surface area contributed by atoms with Gasteiger partial charge in [-0.1, -0.05) is 19.1 Å². The summed E-state index contributed by atoms with van der Waals surface area (Å²) in [5.41, 5.74) is 1.87. The zero-order valence-electron chi connectivity index (χ0n) is 12.4. The monoisotopic (exact) mass is 296 g/mol. The van der Waals surface area contributed by atoms with Crippen molar-refractivity contribution >= 4 is 10.0 Å². The van der Waals surface area contributed by atoms with Crippen LogP contribution in [0.2, 0.25) is 0 Å². The summed E-state index contributed by atoms with van der Waals surface area (Å²) in [7, 11) is -1.57. The molecule has 1 aliphatic rings. The van der Waals surface area contributed by atoms with Gasteiger partial charge in [0.1, 0.15) is 0 Å². The second kappa shape index (κ2) is 6.24. The lowest BCUT2D eigenvalue weighted by molar-refractivity contribution is 0.537. The molecule has 0 radical (unpaired) electrons. The summed E-state index contributed by atoms with van der Waals surface area (Å²) in [6.07, 6.45) is 2.97. The Labute approximate surface area is 122 Å². The maximum absolute atomic E-state index is 12.6. The molecule has 0 bridgehead atoms. The maximum atomic E-state index is 12.6. The lowest BCUT2D eigenvalue weighted by Gasteiger charge is -2.16. The smallest absolute Gasteiger partial charge is 0.241 e. The van der Waals surface area contributed by atoms with Gasteiger partial charge in [0, 0.05) is 12.6 Å². The molecule has 0 aromatic heterocycles. The normalized spacial score (nSPS) is 17.1. The minimum atomic E-state index is -3.43. The van der Waals surface area contributed by atoms with Crippen LogP contribution in [0, 0.1) is 5.92 Å². The van der Waals surface area contributed by atoms with Gasteiger partial charge in [-0.2, -0.15) is 0 Å². The number of sulfonamides is 1. The molecular formula is C15H24N2O2S. The first-order chi connectivity index (χ1) is 9.47. The van der Waals surface area contributed by atoms with Gasteiger partial charge in [0.15, 0.2) is 0 Å². The van der Waals surface area contributed by atoms with Gasteiger partial charge in [0.2, 0.25) is 10.0 Å². The quantitative estimate of drug-likeness (QED) is 0.809. The molecule has 0 aliphatic heterocycles. The molecule has 1 aromatic rings. The number of hydrogen-bond acceptors (Lipinski definition) is 3. The maximum Gasteiger partial charge on any atom is 0.241 e. The Bertz CT molecular complexity index is 565. The number of benzene rings is 1. The molecule has 20 heavy (non-hydrogen) atoms. The van der Waals surface area contributed by atoms with Crippen molar-refractivity contribution in [2.75, 3.05) is 7.05 Å². The van der Waals surface area contributed by atoms with E-state index in [1.165, 1.54) is 0 Å². The van der Waals surface area contributed by atoms with Gasteiger partial charge < -0.3 is 5.32 Å². The van der Waals surface area contributed by atoms with Gasteiger partial charge >= 0.3 is 0 Å². The molecule has 1 aliphatic carbocycles. The number of rotatable bonds is 7.